The lowest BCUT2D eigenvalue weighted by molar-refractivity contribution is -0.222. The highest BCUT2D eigenvalue weighted by Gasteiger charge is 2.56. The van der Waals surface area contributed by atoms with Gasteiger partial charge in [0.1, 0.15) is 12.5 Å². The van der Waals surface area contributed by atoms with Crippen molar-refractivity contribution in [3.05, 3.63) is 29.3 Å². The Morgan fingerprint density at radius 2 is 2.26 bits per heavy atom. The van der Waals surface area contributed by atoms with Gasteiger partial charge in [0.2, 0.25) is 0 Å². The third kappa shape index (κ3) is 2.15. The van der Waals surface area contributed by atoms with Crippen LogP contribution in [0.1, 0.15) is 30.4 Å². The fraction of sp³-hybridized carbons (Fsp3) is 0.684. The van der Waals surface area contributed by atoms with Crippen molar-refractivity contribution in [2.75, 3.05) is 33.6 Å². The minimum absolute atomic E-state index is 0.0189. The zero-order valence-corrected chi connectivity index (χ0v) is 13.8. The van der Waals surface area contributed by atoms with Crippen LogP contribution in [0.3, 0.4) is 0 Å². The number of benzene rings is 1. The number of hydrogen-bond acceptors (Lipinski definition) is 4. The van der Waals surface area contributed by atoms with Gasteiger partial charge in [0.25, 0.3) is 0 Å². The van der Waals surface area contributed by atoms with Gasteiger partial charge in [-0.2, -0.15) is 0 Å². The normalized spacial score (nSPS) is 36.2. The highest BCUT2D eigenvalue weighted by Crippen LogP contribution is 2.49. The van der Waals surface area contributed by atoms with Crippen LogP contribution in [0.25, 0.3) is 0 Å². The maximum atomic E-state index is 6.20. The summed E-state index contributed by atoms with van der Waals surface area (Å²) in [6.07, 6.45) is 5.32. The van der Waals surface area contributed by atoms with Gasteiger partial charge in [-0.1, -0.05) is 6.07 Å². The molecule has 1 aromatic carbocycles. The standard InChI is InChI=1S/C19H25NO3/c1-21-15-5-4-14-8-17-18-19(16(14)9-15,11-22-12-23-18)6-7-20(17)10-13-2-3-13/h4-5,9,13,17-18H,2-3,6-8,10-12H2,1H3/t17-,18+,19-/m1/s1. The van der Waals surface area contributed by atoms with Crippen molar-refractivity contribution in [3.8, 4) is 5.75 Å². The monoisotopic (exact) mass is 315 g/mol. The predicted molar refractivity (Wildman–Crippen MR) is 86.8 cm³/mol. The number of rotatable bonds is 3. The second-order valence-corrected chi connectivity index (χ2v) is 7.69. The maximum Gasteiger partial charge on any atom is 0.147 e. The van der Waals surface area contributed by atoms with Gasteiger partial charge in [-0.3, -0.25) is 4.90 Å². The lowest BCUT2D eigenvalue weighted by atomic mass is 9.61. The van der Waals surface area contributed by atoms with Crippen LogP contribution in [0.15, 0.2) is 18.2 Å². The Bertz CT molecular complexity index is 615. The molecule has 0 spiro atoms. The molecule has 1 aromatic rings. The van der Waals surface area contributed by atoms with Crippen molar-refractivity contribution in [3.63, 3.8) is 0 Å². The van der Waals surface area contributed by atoms with E-state index in [1.165, 1.54) is 37.1 Å². The molecule has 4 nitrogen and oxygen atoms in total. The number of nitrogens with zero attached hydrogens (tertiary/aromatic N) is 1. The van der Waals surface area contributed by atoms with Crippen LogP contribution >= 0.6 is 0 Å². The SMILES string of the molecule is COc1ccc2c(c1)[C@]13CCN(CC4CC4)[C@H](C2)[C@@H]1OCOC3. The molecule has 4 heteroatoms. The van der Waals surface area contributed by atoms with E-state index >= 15 is 0 Å². The maximum absolute atomic E-state index is 6.20. The first-order valence-electron chi connectivity index (χ1n) is 8.91. The zero-order valence-electron chi connectivity index (χ0n) is 13.8. The Kier molecular flexibility index (Phi) is 3.22. The fourth-order valence-corrected chi connectivity index (χ4v) is 4.99. The summed E-state index contributed by atoms with van der Waals surface area (Å²) in [6.45, 7) is 3.65. The predicted octanol–water partition coefficient (Wildman–Crippen LogP) is 2.35. The van der Waals surface area contributed by atoms with E-state index in [-0.39, 0.29) is 11.5 Å². The topological polar surface area (TPSA) is 30.9 Å². The summed E-state index contributed by atoms with van der Waals surface area (Å²) in [4.78, 5) is 2.71. The molecule has 0 unspecified atom stereocenters. The molecule has 0 amide bonds. The molecule has 1 saturated carbocycles. The molecule has 3 atom stereocenters. The molecular weight excluding hydrogens is 290 g/mol. The van der Waals surface area contributed by atoms with E-state index < -0.39 is 0 Å². The van der Waals surface area contributed by atoms with E-state index in [2.05, 4.69) is 23.1 Å². The molecule has 0 radical (unpaired) electrons. The molecule has 2 aliphatic heterocycles. The molecule has 2 saturated heterocycles. The summed E-state index contributed by atoms with van der Waals surface area (Å²) < 4.78 is 17.5. The number of likely N-dealkylation sites (tertiary alicyclic amines) is 1. The Morgan fingerprint density at radius 3 is 3.09 bits per heavy atom. The van der Waals surface area contributed by atoms with Crippen molar-refractivity contribution in [1.29, 1.82) is 0 Å². The summed E-state index contributed by atoms with van der Waals surface area (Å²) in [6, 6.07) is 7.09. The van der Waals surface area contributed by atoms with Crippen LogP contribution in [-0.4, -0.2) is 50.6 Å². The summed E-state index contributed by atoms with van der Waals surface area (Å²) in [5.41, 5.74) is 2.89. The first-order chi connectivity index (χ1) is 11.3. The average molecular weight is 315 g/mol. The second-order valence-electron chi connectivity index (χ2n) is 7.69. The molecule has 2 aliphatic carbocycles. The van der Waals surface area contributed by atoms with Crippen LogP contribution in [0.4, 0.5) is 0 Å². The zero-order chi connectivity index (χ0) is 15.4. The molecular formula is C19H25NO3. The summed E-state index contributed by atoms with van der Waals surface area (Å²) >= 11 is 0. The number of ether oxygens (including phenoxy) is 3. The molecule has 2 bridgehead atoms. The van der Waals surface area contributed by atoms with E-state index in [1.54, 1.807) is 7.11 Å². The quantitative estimate of drug-likeness (QED) is 0.857. The summed E-state index contributed by atoms with van der Waals surface area (Å²) in [5, 5.41) is 0. The van der Waals surface area contributed by atoms with Gasteiger partial charge in [-0.15, -0.1) is 0 Å². The first-order valence-corrected chi connectivity index (χ1v) is 8.91. The van der Waals surface area contributed by atoms with E-state index in [0.29, 0.717) is 12.8 Å². The highest BCUT2D eigenvalue weighted by atomic mass is 16.7. The van der Waals surface area contributed by atoms with Crippen LogP contribution in [0.5, 0.6) is 5.75 Å². The molecule has 4 aliphatic rings. The lowest BCUT2D eigenvalue weighted by Crippen LogP contribution is -2.67. The smallest absolute Gasteiger partial charge is 0.147 e. The van der Waals surface area contributed by atoms with Gasteiger partial charge in [0.15, 0.2) is 0 Å². The first kappa shape index (κ1) is 14.3. The molecule has 0 N–H and O–H groups in total. The van der Waals surface area contributed by atoms with E-state index in [0.717, 1.165) is 31.1 Å². The number of piperidine rings is 1. The third-order valence-corrected chi connectivity index (χ3v) is 6.37. The Morgan fingerprint density at radius 1 is 1.35 bits per heavy atom. The molecule has 2 heterocycles. The fourth-order valence-electron chi connectivity index (χ4n) is 4.99. The average Bonchev–Trinajstić information content (AvgIpc) is 3.41. The van der Waals surface area contributed by atoms with Crippen molar-refractivity contribution in [2.24, 2.45) is 5.92 Å². The van der Waals surface area contributed by atoms with Crippen LogP contribution in [0, 0.1) is 5.92 Å². The van der Waals surface area contributed by atoms with Gasteiger partial charge in [-0.05, 0) is 61.4 Å². The summed E-state index contributed by atoms with van der Waals surface area (Å²) in [5.74, 6) is 1.88. The molecule has 124 valence electrons. The number of methoxy groups -OCH3 is 1. The third-order valence-electron chi connectivity index (χ3n) is 6.37. The van der Waals surface area contributed by atoms with Gasteiger partial charge in [-0.25, -0.2) is 0 Å². The summed E-state index contributed by atoms with van der Waals surface area (Å²) in [7, 11) is 1.74. The van der Waals surface area contributed by atoms with Gasteiger partial charge < -0.3 is 14.2 Å². The van der Waals surface area contributed by atoms with Crippen molar-refractivity contribution in [1.82, 2.24) is 4.90 Å². The van der Waals surface area contributed by atoms with Gasteiger partial charge >= 0.3 is 0 Å². The Labute approximate surface area is 137 Å². The Balaban J connectivity index is 1.57. The Hall–Kier alpha value is -1.10. The molecule has 0 aromatic heterocycles. The highest BCUT2D eigenvalue weighted by molar-refractivity contribution is 5.46. The van der Waals surface area contributed by atoms with Gasteiger partial charge in [0.05, 0.1) is 19.8 Å². The van der Waals surface area contributed by atoms with Gasteiger partial charge in [0, 0.05) is 18.0 Å². The largest absolute Gasteiger partial charge is 0.497 e. The van der Waals surface area contributed by atoms with E-state index in [4.69, 9.17) is 14.2 Å². The van der Waals surface area contributed by atoms with Crippen molar-refractivity contribution in [2.45, 2.75) is 43.2 Å². The second kappa shape index (κ2) is 5.20. The van der Waals surface area contributed by atoms with E-state index in [1.807, 2.05) is 0 Å². The number of hydrogen-bond donors (Lipinski definition) is 0. The van der Waals surface area contributed by atoms with Crippen LogP contribution in [-0.2, 0) is 21.3 Å². The van der Waals surface area contributed by atoms with E-state index in [9.17, 15) is 0 Å². The van der Waals surface area contributed by atoms with Crippen LogP contribution < -0.4 is 4.74 Å². The van der Waals surface area contributed by atoms with Crippen molar-refractivity contribution < 1.29 is 14.2 Å². The molecule has 3 fully saturated rings. The minimum Gasteiger partial charge on any atom is -0.497 e. The minimum atomic E-state index is 0.0189. The lowest BCUT2D eigenvalue weighted by Gasteiger charge is -2.57. The molecule has 5 rings (SSSR count). The molecule has 23 heavy (non-hydrogen) atoms. The van der Waals surface area contributed by atoms with Crippen molar-refractivity contribution >= 4 is 0 Å². The number of fused-ring (bicyclic) bond motifs is 1. The van der Waals surface area contributed by atoms with Crippen LogP contribution in [0.2, 0.25) is 0 Å².